The van der Waals surface area contributed by atoms with Crippen LogP contribution in [0.4, 0.5) is 4.39 Å². The van der Waals surface area contributed by atoms with Gasteiger partial charge in [-0.25, -0.2) is 17.5 Å². The highest BCUT2D eigenvalue weighted by molar-refractivity contribution is 7.89. The molecule has 0 unspecified atom stereocenters. The molecule has 15 heavy (non-hydrogen) atoms. The Morgan fingerprint density at radius 1 is 1.47 bits per heavy atom. The maximum absolute atomic E-state index is 13.3. The molecule has 82 valence electrons. The number of carbonyl (C=O) groups excluding carboxylic acids is 1. The predicted molar refractivity (Wildman–Crippen MR) is 51.2 cm³/mol. The number of halogens is 1. The molecule has 0 aliphatic rings. The monoisotopic (exact) mass is 232 g/mol. The second kappa shape index (κ2) is 3.95. The van der Waals surface area contributed by atoms with Crippen LogP contribution in [-0.2, 0) is 10.0 Å². The van der Waals surface area contributed by atoms with Gasteiger partial charge in [-0.1, -0.05) is 0 Å². The fourth-order valence-electron chi connectivity index (χ4n) is 0.982. The number of sulfonamides is 1. The summed E-state index contributed by atoms with van der Waals surface area (Å²) in [6.07, 6.45) is 0. The van der Waals surface area contributed by atoms with Gasteiger partial charge in [0.25, 0.3) is 0 Å². The normalized spacial score (nSPS) is 11.3. The smallest absolute Gasteiger partial charge is 0.248 e. The van der Waals surface area contributed by atoms with E-state index in [2.05, 4.69) is 0 Å². The van der Waals surface area contributed by atoms with Crippen molar-refractivity contribution in [1.29, 1.82) is 0 Å². The van der Waals surface area contributed by atoms with Crippen LogP contribution in [-0.4, -0.2) is 21.4 Å². The topological polar surface area (TPSA) is 89.3 Å². The lowest BCUT2D eigenvalue weighted by atomic mass is 10.2. The van der Waals surface area contributed by atoms with Crippen LogP contribution in [0.1, 0.15) is 10.4 Å². The average Bonchev–Trinajstić information content (AvgIpc) is 2.17. The number of primary amides is 1. The van der Waals surface area contributed by atoms with E-state index >= 15 is 0 Å². The Morgan fingerprint density at radius 3 is 2.47 bits per heavy atom. The molecule has 0 aliphatic carbocycles. The summed E-state index contributed by atoms with van der Waals surface area (Å²) in [4.78, 5) is 10.2. The van der Waals surface area contributed by atoms with Crippen LogP contribution in [0, 0.1) is 5.82 Å². The summed E-state index contributed by atoms with van der Waals surface area (Å²) in [5, 5.41) is 0. The van der Waals surface area contributed by atoms with E-state index in [1.165, 1.54) is 0 Å². The van der Waals surface area contributed by atoms with Crippen LogP contribution < -0.4 is 10.5 Å². The number of hydrogen-bond donors (Lipinski definition) is 2. The van der Waals surface area contributed by atoms with Gasteiger partial charge in [0, 0.05) is 5.56 Å². The molecule has 0 saturated heterocycles. The molecule has 3 N–H and O–H groups in total. The van der Waals surface area contributed by atoms with E-state index in [1.54, 1.807) is 0 Å². The molecular formula is C8H9FN2O3S. The van der Waals surface area contributed by atoms with Gasteiger partial charge in [0.05, 0.1) is 0 Å². The molecule has 0 aliphatic heterocycles. The maximum Gasteiger partial charge on any atom is 0.248 e. The van der Waals surface area contributed by atoms with Gasteiger partial charge in [0.1, 0.15) is 10.7 Å². The van der Waals surface area contributed by atoms with Crippen molar-refractivity contribution in [2.75, 3.05) is 7.05 Å². The first-order valence-corrected chi connectivity index (χ1v) is 5.39. The molecule has 0 bridgehead atoms. The Balaban J connectivity index is 3.32. The molecular weight excluding hydrogens is 223 g/mol. The third-order valence-electron chi connectivity index (χ3n) is 1.77. The van der Waals surface area contributed by atoms with E-state index in [0.717, 1.165) is 25.2 Å². The van der Waals surface area contributed by atoms with Crippen LogP contribution in [0.25, 0.3) is 0 Å². The van der Waals surface area contributed by atoms with Gasteiger partial charge < -0.3 is 5.73 Å². The van der Waals surface area contributed by atoms with Crippen molar-refractivity contribution in [2.24, 2.45) is 5.73 Å². The fraction of sp³-hybridized carbons (Fsp3) is 0.125. The third-order valence-corrected chi connectivity index (χ3v) is 3.22. The number of rotatable bonds is 3. The van der Waals surface area contributed by atoms with Crippen molar-refractivity contribution in [1.82, 2.24) is 4.72 Å². The Hall–Kier alpha value is -1.47. The van der Waals surface area contributed by atoms with Gasteiger partial charge in [-0.2, -0.15) is 0 Å². The minimum Gasteiger partial charge on any atom is -0.366 e. The highest BCUT2D eigenvalue weighted by atomic mass is 32.2. The molecule has 0 aromatic heterocycles. The quantitative estimate of drug-likeness (QED) is 0.758. The SMILES string of the molecule is CNS(=O)(=O)c1ccc(C(N)=O)cc1F. The van der Waals surface area contributed by atoms with Crippen molar-refractivity contribution < 1.29 is 17.6 Å². The summed E-state index contributed by atoms with van der Waals surface area (Å²) >= 11 is 0. The van der Waals surface area contributed by atoms with E-state index in [1.807, 2.05) is 4.72 Å². The van der Waals surface area contributed by atoms with Crippen LogP contribution in [0.15, 0.2) is 23.1 Å². The highest BCUT2D eigenvalue weighted by Gasteiger charge is 2.17. The summed E-state index contributed by atoms with van der Waals surface area (Å²) in [5.41, 5.74) is 4.82. The molecule has 0 saturated carbocycles. The molecule has 5 nitrogen and oxygen atoms in total. The minimum absolute atomic E-state index is 0.0810. The van der Waals surface area contributed by atoms with E-state index in [9.17, 15) is 17.6 Å². The number of carbonyl (C=O) groups is 1. The van der Waals surface area contributed by atoms with E-state index in [-0.39, 0.29) is 5.56 Å². The Bertz CT molecular complexity index is 499. The van der Waals surface area contributed by atoms with Crippen LogP contribution >= 0.6 is 0 Å². The first-order chi connectivity index (χ1) is 6.88. The lowest BCUT2D eigenvalue weighted by Crippen LogP contribution is -2.20. The van der Waals surface area contributed by atoms with Gasteiger partial charge in [-0.05, 0) is 25.2 Å². The Kier molecular flexibility index (Phi) is 3.06. The molecule has 7 heteroatoms. The third kappa shape index (κ3) is 2.31. The minimum atomic E-state index is -3.85. The second-order valence-electron chi connectivity index (χ2n) is 2.72. The van der Waals surface area contributed by atoms with Crippen molar-refractivity contribution in [3.8, 4) is 0 Å². The number of benzene rings is 1. The van der Waals surface area contributed by atoms with E-state index < -0.39 is 26.6 Å². The first-order valence-electron chi connectivity index (χ1n) is 3.91. The average molecular weight is 232 g/mol. The van der Waals surface area contributed by atoms with Crippen LogP contribution in [0.2, 0.25) is 0 Å². The Morgan fingerprint density at radius 2 is 2.07 bits per heavy atom. The number of hydrogen-bond acceptors (Lipinski definition) is 3. The zero-order valence-corrected chi connectivity index (χ0v) is 8.64. The number of nitrogens with two attached hydrogens (primary N) is 1. The highest BCUT2D eigenvalue weighted by Crippen LogP contribution is 2.15. The van der Waals surface area contributed by atoms with Crippen LogP contribution in [0.3, 0.4) is 0 Å². The fourth-order valence-corrected chi connectivity index (χ4v) is 1.76. The van der Waals surface area contributed by atoms with Crippen molar-refractivity contribution in [3.63, 3.8) is 0 Å². The second-order valence-corrected chi connectivity index (χ2v) is 4.57. The predicted octanol–water partition coefficient (Wildman–Crippen LogP) is -0.167. The van der Waals surface area contributed by atoms with Crippen molar-refractivity contribution in [2.45, 2.75) is 4.90 Å². The molecule has 0 heterocycles. The standard InChI is InChI=1S/C8H9FN2O3S/c1-11-15(13,14)7-3-2-5(8(10)12)4-6(7)9/h2-4,11H,1H3,(H2,10,12). The molecule has 1 aromatic rings. The zero-order chi connectivity index (χ0) is 11.6. The van der Waals surface area contributed by atoms with Gasteiger partial charge >= 0.3 is 0 Å². The van der Waals surface area contributed by atoms with Gasteiger partial charge in [0.2, 0.25) is 15.9 Å². The first kappa shape index (κ1) is 11.6. The van der Waals surface area contributed by atoms with E-state index in [4.69, 9.17) is 5.73 Å². The largest absolute Gasteiger partial charge is 0.366 e. The van der Waals surface area contributed by atoms with Crippen LogP contribution in [0.5, 0.6) is 0 Å². The van der Waals surface area contributed by atoms with Crippen molar-refractivity contribution >= 4 is 15.9 Å². The lowest BCUT2D eigenvalue weighted by molar-refractivity contribution is 0.0999. The summed E-state index contributed by atoms with van der Waals surface area (Å²) in [6, 6.07) is 2.92. The van der Waals surface area contributed by atoms with E-state index in [0.29, 0.717) is 0 Å². The maximum atomic E-state index is 13.3. The lowest BCUT2D eigenvalue weighted by Gasteiger charge is -2.04. The number of amides is 1. The van der Waals surface area contributed by atoms with Gasteiger partial charge in [0.15, 0.2) is 0 Å². The number of nitrogens with one attached hydrogen (secondary N) is 1. The van der Waals surface area contributed by atoms with Gasteiger partial charge in [-0.15, -0.1) is 0 Å². The summed E-state index contributed by atoms with van der Waals surface area (Å²) in [5.74, 6) is -1.83. The summed E-state index contributed by atoms with van der Waals surface area (Å²) in [6.45, 7) is 0. The molecule has 0 spiro atoms. The summed E-state index contributed by atoms with van der Waals surface area (Å²) in [7, 11) is -2.68. The molecule has 0 fully saturated rings. The molecule has 0 radical (unpaired) electrons. The molecule has 1 amide bonds. The van der Waals surface area contributed by atoms with Crippen molar-refractivity contribution in [3.05, 3.63) is 29.6 Å². The van der Waals surface area contributed by atoms with Gasteiger partial charge in [-0.3, -0.25) is 4.79 Å². The zero-order valence-electron chi connectivity index (χ0n) is 7.82. The molecule has 0 atom stereocenters. The summed E-state index contributed by atoms with van der Waals surface area (Å²) < 4.78 is 37.7. The Labute approximate surface area is 86.1 Å². The molecule has 1 aromatic carbocycles. The molecule has 1 rings (SSSR count).